The van der Waals surface area contributed by atoms with Crippen LogP contribution in [0.15, 0.2) is 66.7 Å². The third kappa shape index (κ3) is 5.00. The van der Waals surface area contributed by atoms with Gasteiger partial charge < -0.3 is 20.5 Å². The van der Waals surface area contributed by atoms with E-state index in [1.54, 1.807) is 13.8 Å². The van der Waals surface area contributed by atoms with Crippen molar-refractivity contribution in [3.05, 3.63) is 88.4 Å². The molecule has 8 heteroatoms. The van der Waals surface area contributed by atoms with E-state index in [4.69, 9.17) is 16.3 Å². The predicted molar refractivity (Wildman–Crippen MR) is 134 cm³/mol. The third-order valence-corrected chi connectivity index (χ3v) is 6.37. The number of anilines is 1. The molecule has 1 aliphatic carbocycles. The quantitative estimate of drug-likeness (QED) is 0.401. The van der Waals surface area contributed by atoms with Crippen LogP contribution in [0, 0.1) is 5.92 Å². The van der Waals surface area contributed by atoms with E-state index in [9.17, 15) is 19.5 Å². The Kier molecular flexibility index (Phi) is 7.07. The van der Waals surface area contributed by atoms with Gasteiger partial charge >= 0.3 is 12.1 Å². The van der Waals surface area contributed by atoms with Crippen molar-refractivity contribution in [2.75, 3.05) is 11.9 Å². The predicted octanol–water partition coefficient (Wildman–Crippen LogP) is 5.54. The van der Waals surface area contributed by atoms with E-state index in [1.807, 2.05) is 36.4 Å². The van der Waals surface area contributed by atoms with Crippen molar-refractivity contribution >= 4 is 35.3 Å². The van der Waals surface area contributed by atoms with Gasteiger partial charge in [0.2, 0.25) is 5.91 Å². The number of ether oxygens (including phenoxy) is 1. The number of carboxylic acids is 1. The molecule has 0 fully saturated rings. The van der Waals surface area contributed by atoms with E-state index in [-0.39, 0.29) is 34.7 Å². The van der Waals surface area contributed by atoms with Crippen LogP contribution in [0.4, 0.5) is 10.5 Å². The van der Waals surface area contributed by atoms with Crippen molar-refractivity contribution < 1.29 is 24.2 Å². The second-order valence-electron chi connectivity index (χ2n) is 8.65. The van der Waals surface area contributed by atoms with Gasteiger partial charge in [0.15, 0.2) is 0 Å². The number of aromatic carboxylic acids is 1. The molecule has 0 spiro atoms. The molecule has 3 aromatic rings. The van der Waals surface area contributed by atoms with Crippen LogP contribution in [0.1, 0.15) is 41.3 Å². The lowest BCUT2D eigenvalue weighted by Gasteiger charge is -2.23. The average Bonchev–Trinajstić information content (AvgIpc) is 3.14. The van der Waals surface area contributed by atoms with Crippen LogP contribution in [0.25, 0.3) is 11.1 Å². The van der Waals surface area contributed by atoms with Crippen molar-refractivity contribution in [3.63, 3.8) is 0 Å². The van der Waals surface area contributed by atoms with E-state index < -0.39 is 24.0 Å². The average molecular weight is 493 g/mol. The largest absolute Gasteiger partial charge is 0.478 e. The minimum atomic E-state index is -1.27. The molecule has 4 rings (SSSR count). The van der Waals surface area contributed by atoms with Gasteiger partial charge in [-0.05, 0) is 40.3 Å². The number of halogens is 1. The number of carboxylic acid groups (broad SMARTS) is 1. The number of alkyl carbamates (subject to hydrolysis) is 1. The molecule has 1 aliphatic rings. The number of rotatable bonds is 7. The van der Waals surface area contributed by atoms with Gasteiger partial charge in [-0.15, -0.1) is 0 Å². The van der Waals surface area contributed by atoms with Crippen LogP contribution < -0.4 is 10.6 Å². The summed E-state index contributed by atoms with van der Waals surface area (Å²) in [5, 5.41) is 14.6. The van der Waals surface area contributed by atoms with Crippen LogP contribution >= 0.6 is 11.6 Å². The smallest absolute Gasteiger partial charge is 0.407 e. The number of amides is 2. The maximum absolute atomic E-state index is 12.9. The molecule has 35 heavy (non-hydrogen) atoms. The number of hydrogen-bond acceptors (Lipinski definition) is 4. The lowest BCUT2D eigenvalue weighted by atomic mass is 9.98. The molecule has 7 nitrogen and oxygen atoms in total. The molecule has 0 saturated heterocycles. The summed E-state index contributed by atoms with van der Waals surface area (Å²) in [7, 11) is 0. The Morgan fingerprint density at radius 1 is 0.943 bits per heavy atom. The van der Waals surface area contributed by atoms with E-state index in [2.05, 4.69) is 22.8 Å². The van der Waals surface area contributed by atoms with E-state index in [1.165, 1.54) is 18.2 Å². The summed E-state index contributed by atoms with van der Waals surface area (Å²) < 4.78 is 5.56. The first-order valence-electron chi connectivity index (χ1n) is 11.2. The highest BCUT2D eigenvalue weighted by atomic mass is 35.5. The molecule has 0 saturated carbocycles. The first kappa shape index (κ1) is 24.3. The molecule has 2 amide bonds. The van der Waals surface area contributed by atoms with Gasteiger partial charge in [-0.3, -0.25) is 4.79 Å². The number of fused-ring (bicyclic) bond motifs is 3. The number of carbonyl (C=O) groups is 3. The molecule has 0 unspecified atom stereocenters. The zero-order chi connectivity index (χ0) is 25.1. The van der Waals surface area contributed by atoms with Crippen LogP contribution in [-0.2, 0) is 9.53 Å². The highest BCUT2D eigenvalue weighted by Crippen LogP contribution is 2.44. The standard InChI is InChI=1S/C27H25ClN2O5/c1-15(2)24(25(31)29-22-13-7-12-21(28)23(22)26(32)33)30-27(34)35-14-20-18-10-5-3-8-16(18)17-9-4-6-11-19(17)20/h3-13,15,20,24H,14H2,1-2H3,(H,29,31)(H,30,34)(H,32,33)/t24-/m0/s1. The first-order valence-corrected chi connectivity index (χ1v) is 11.6. The molecule has 3 aromatic carbocycles. The van der Waals surface area contributed by atoms with E-state index >= 15 is 0 Å². The maximum Gasteiger partial charge on any atom is 0.407 e. The summed E-state index contributed by atoms with van der Waals surface area (Å²) in [5.41, 5.74) is 4.24. The van der Waals surface area contributed by atoms with Crippen molar-refractivity contribution in [3.8, 4) is 11.1 Å². The number of benzene rings is 3. The van der Waals surface area contributed by atoms with E-state index in [0.29, 0.717) is 0 Å². The lowest BCUT2D eigenvalue weighted by molar-refractivity contribution is -0.119. The van der Waals surface area contributed by atoms with Gasteiger partial charge in [0, 0.05) is 5.92 Å². The summed E-state index contributed by atoms with van der Waals surface area (Å²) in [4.78, 5) is 37.2. The summed E-state index contributed by atoms with van der Waals surface area (Å²) in [6.07, 6.45) is -0.731. The van der Waals surface area contributed by atoms with Gasteiger partial charge in [-0.2, -0.15) is 0 Å². The summed E-state index contributed by atoms with van der Waals surface area (Å²) in [6, 6.07) is 19.5. The van der Waals surface area contributed by atoms with Crippen LogP contribution in [-0.4, -0.2) is 35.7 Å². The summed E-state index contributed by atoms with van der Waals surface area (Å²) >= 11 is 5.99. The van der Waals surface area contributed by atoms with Crippen LogP contribution in [0.2, 0.25) is 5.02 Å². The Bertz CT molecular complexity index is 1240. The fourth-order valence-electron chi connectivity index (χ4n) is 4.36. The number of carbonyl (C=O) groups excluding carboxylic acids is 2. The number of hydrogen-bond donors (Lipinski definition) is 3. The second-order valence-corrected chi connectivity index (χ2v) is 9.06. The fraction of sp³-hybridized carbons (Fsp3) is 0.222. The monoisotopic (exact) mass is 492 g/mol. The molecule has 0 bridgehead atoms. The van der Waals surface area contributed by atoms with Crippen LogP contribution in [0.5, 0.6) is 0 Å². The molecule has 0 aromatic heterocycles. The zero-order valence-corrected chi connectivity index (χ0v) is 20.0. The minimum Gasteiger partial charge on any atom is -0.478 e. The molecule has 0 heterocycles. The Balaban J connectivity index is 1.45. The topological polar surface area (TPSA) is 105 Å². The van der Waals surface area contributed by atoms with Crippen molar-refractivity contribution in [2.24, 2.45) is 5.92 Å². The molecule has 0 radical (unpaired) electrons. The summed E-state index contributed by atoms with van der Waals surface area (Å²) in [5.74, 6) is -2.23. The zero-order valence-electron chi connectivity index (χ0n) is 19.2. The molecule has 0 aliphatic heterocycles. The summed E-state index contributed by atoms with van der Waals surface area (Å²) in [6.45, 7) is 3.65. The maximum atomic E-state index is 12.9. The highest BCUT2D eigenvalue weighted by molar-refractivity contribution is 6.34. The van der Waals surface area contributed by atoms with Gasteiger partial charge in [-0.1, -0.05) is 80.0 Å². The van der Waals surface area contributed by atoms with Crippen LogP contribution in [0.3, 0.4) is 0 Å². The highest BCUT2D eigenvalue weighted by Gasteiger charge is 2.31. The van der Waals surface area contributed by atoms with Gasteiger partial charge in [-0.25, -0.2) is 9.59 Å². The second kappa shape index (κ2) is 10.2. The minimum absolute atomic E-state index is 0.000826. The van der Waals surface area contributed by atoms with E-state index in [0.717, 1.165) is 22.3 Å². The molecular formula is C27H25ClN2O5. The first-order chi connectivity index (χ1) is 16.8. The molecule has 1 atom stereocenters. The Morgan fingerprint density at radius 3 is 2.11 bits per heavy atom. The van der Waals surface area contributed by atoms with Crippen molar-refractivity contribution in [2.45, 2.75) is 25.8 Å². The SMILES string of the molecule is CC(C)[C@H](NC(=O)OCC1c2ccccc2-c2ccccc21)C(=O)Nc1cccc(Cl)c1C(=O)O. The molecular weight excluding hydrogens is 468 g/mol. The lowest BCUT2D eigenvalue weighted by Crippen LogP contribution is -2.47. The van der Waals surface area contributed by atoms with Gasteiger partial charge in [0.1, 0.15) is 18.2 Å². The van der Waals surface area contributed by atoms with Crippen molar-refractivity contribution in [1.82, 2.24) is 5.32 Å². The fourth-order valence-corrected chi connectivity index (χ4v) is 4.61. The van der Waals surface area contributed by atoms with Crippen molar-refractivity contribution in [1.29, 1.82) is 0 Å². The Hall–Kier alpha value is -3.84. The van der Waals surface area contributed by atoms with Gasteiger partial charge in [0.25, 0.3) is 0 Å². The third-order valence-electron chi connectivity index (χ3n) is 6.05. The van der Waals surface area contributed by atoms with Gasteiger partial charge in [0.05, 0.1) is 10.7 Å². The Morgan fingerprint density at radius 2 is 1.54 bits per heavy atom. The molecule has 180 valence electrons. The normalized spacial score (nSPS) is 13.0. The molecule has 3 N–H and O–H groups in total. The number of nitrogens with one attached hydrogen (secondary N) is 2. The Labute approximate surface area is 208 Å².